The van der Waals surface area contributed by atoms with Gasteiger partial charge in [-0.15, -0.1) is 0 Å². The molecule has 0 fully saturated rings. The van der Waals surface area contributed by atoms with Crippen molar-refractivity contribution in [2.24, 2.45) is 0 Å². The Hall–Kier alpha value is -0.920. The summed E-state index contributed by atoms with van der Waals surface area (Å²) in [6.45, 7) is 1.39. The van der Waals surface area contributed by atoms with Gasteiger partial charge in [-0.2, -0.15) is 5.10 Å². The average molecular weight is 376 g/mol. The van der Waals surface area contributed by atoms with Crippen LogP contribution in [-0.2, 0) is 13.1 Å². The van der Waals surface area contributed by atoms with Crippen LogP contribution in [0.3, 0.4) is 0 Å². The Bertz CT molecular complexity index is 493. The molecule has 1 heterocycles. The molecule has 0 aliphatic rings. The molecule has 5 nitrogen and oxygen atoms in total. The van der Waals surface area contributed by atoms with Crippen molar-refractivity contribution in [3.05, 3.63) is 38.8 Å². The van der Waals surface area contributed by atoms with E-state index in [4.69, 9.17) is 4.74 Å². The van der Waals surface area contributed by atoms with E-state index in [-0.39, 0.29) is 0 Å². The van der Waals surface area contributed by atoms with Gasteiger partial charge in [0.25, 0.3) is 0 Å². The summed E-state index contributed by atoms with van der Waals surface area (Å²) in [7, 11) is 1.65. The highest BCUT2D eigenvalue weighted by molar-refractivity contribution is 9.11. The van der Waals surface area contributed by atoms with E-state index in [0.717, 1.165) is 32.6 Å². The van der Waals surface area contributed by atoms with Crippen LogP contribution >= 0.6 is 31.9 Å². The first-order valence-electron chi connectivity index (χ1n) is 5.27. The van der Waals surface area contributed by atoms with E-state index in [2.05, 4.69) is 52.4 Å². The minimum absolute atomic E-state index is 0.654. The van der Waals surface area contributed by atoms with Gasteiger partial charge in [-0.05, 0) is 49.6 Å². The normalized spacial score (nSPS) is 10.6. The van der Waals surface area contributed by atoms with Crippen LogP contribution in [0.1, 0.15) is 11.4 Å². The number of H-pyrrole nitrogens is 1. The van der Waals surface area contributed by atoms with Gasteiger partial charge < -0.3 is 10.1 Å². The highest BCUT2D eigenvalue weighted by atomic mass is 79.9. The Balaban J connectivity index is 1.97. The number of hydrogen-bond donors (Lipinski definition) is 2. The van der Waals surface area contributed by atoms with E-state index in [0.29, 0.717) is 6.54 Å². The van der Waals surface area contributed by atoms with Crippen molar-refractivity contribution in [3.8, 4) is 5.75 Å². The lowest BCUT2D eigenvalue weighted by atomic mass is 10.2. The quantitative estimate of drug-likeness (QED) is 0.843. The van der Waals surface area contributed by atoms with Crippen molar-refractivity contribution >= 4 is 31.9 Å². The third-order valence-electron chi connectivity index (χ3n) is 2.35. The Labute approximate surface area is 122 Å². The minimum Gasteiger partial charge on any atom is -0.494 e. The van der Waals surface area contributed by atoms with Crippen molar-refractivity contribution in [2.45, 2.75) is 13.1 Å². The lowest BCUT2D eigenvalue weighted by Gasteiger charge is -2.09. The van der Waals surface area contributed by atoms with E-state index in [1.807, 2.05) is 12.1 Å². The van der Waals surface area contributed by atoms with Crippen LogP contribution in [0, 0.1) is 0 Å². The molecule has 2 aromatic rings. The molecule has 0 unspecified atom stereocenters. The second-order valence-corrected chi connectivity index (χ2v) is 5.34. The lowest BCUT2D eigenvalue weighted by Crippen LogP contribution is -2.13. The van der Waals surface area contributed by atoms with Gasteiger partial charge in [-0.1, -0.05) is 0 Å². The molecule has 0 aliphatic carbocycles. The first-order chi connectivity index (χ1) is 8.70. The number of benzene rings is 1. The zero-order valence-corrected chi connectivity index (χ0v) is 12.9. The molecular weight excluding hydrogens is 364 g/mol. The molecule has 0 spiro atoms. The summed E-state index contributed by atoms with van der Waals surface area (Å²) >= 11 is 6.95. The largest absolute Gasteiger partial charge is 0.494 e. The van der Waals surface area contributed by atoms with Gasteiger partial charge in [0, 0.05) is 6.54 Å². The topological polar surface area (TPSA) is 62.8 Å². The average Bonchev–Trinajstić information content (AvgIpc) is 2.82. The molecule has 0 radical (unpaired) electrons. The SMILES string of the molecule is COc1c(Br)cc(CNCc2ncn[nH]2)cc1Br. The Morgan fingerprint density at radius 2 is 2.00 bits per heavy atom. The standard InChI is InChI=1S/C11H12Br2N4O/c1-18-11-8(12)2-7(3-9(11)13)4-14-5-10-15-6-16-17-10/h2-3,6,14H,4-5H2,1H3,(H,15,16,17). The molecule has 2 N–H and O–H groups in total. The first-order valence-corrected chi connectivity index (χ1v) is 6.86. The van der Waals surface area contributed by atoms with Crippen LogP contribution in [0.25, 0.3) is 0 Å². The molecule has 1 aromatic carbocycles. The van der Waals surface area contributed by atoms with Crippen molar-refractivity contribution < 1.29 is 4.74 Å². The molecule has 0 amide bonds. The Morgan fingerprint density at radius 1 is 1.28 bits per heavy atom. The number of rotatable bonds is 5. The molecule has 0 bridgehead atoms. The molecule has 96 valence electrons. The summed E-state index contributed by atoms with van der Waals surface area (Å²) in [4.78, 5) is 4.04. The Morgan fingerprint density at radius 3 is 2.56 bits per heavy atom. The predicted molar refractivity (Wildman–Crippen MR) is 75.3 cm³/mol. The predicted octanol–water partition coefficient (Wildman–Crippen LogP) is 2.63. The van der Waals surface area contributed by atoms with Gasteiger partial charge in [0.15, 0.2) is 0 Å². The maximum atomic E-state index is 5.26. The van der Waals surface area contributed by atoms with Crippen molar-refractivity contribution in [1.29, 1.82) is 0 Å². The molecule has 18 heavy (non-hydrogen) atoms. The fourth-order valence-corrected chi connectivity index (χ4v) is 3.16. The van der Waals surface area contributed by atoms with Gasteiger partial charge >= 0.3 is 0 Å². The fourth-order valence-electron chi connectivity index (χ4n) is 1.55. The van der Waals surface area contributed by atoms with Gasteiger partial charge in [-0.25, -0.2) is 4.98 Å². The number of aromatic amines is 1. The summed E-state index contributed by atoms with van der Waals surface area (Å²) < 4.78 is 7.11. The maximum absolute atomic E-state index is 5.26. The molecule has 0 aliphatic heterocycles. The minimum atomic E-state index is 0.654. The van der Waals surface area contributed by atoms with Crippen LogP contribution in [0.2, 0.25) is 0 Å². The van der Waals surface area contributed by atoms with E-state index in [1.54, 1.807) is 7.11 Å². The van der Waals surface area contributed by atoms with Gasteiger partial charge in [0.2, 0.25) is 0 Å². The van der Waals surface area contributed by atoms with Crippen molar-refractivity contribution in [3.63, 3.8) is 0 Å². The maximum Gasteiger partial charge on any atom is 0.147 e. The summed E-state index contributed by atoms with van der Waals surface area (Å²) in [6, 6.07) is 4.05. The molecule has 0 saturated carbocycles. The number of ether oxygens (including phenoxy) is 1. The van der Waals surface area contributed by atoms with E-state index in [9.17, 15) is 0 Å². The Kier molecular flexibility index (Phi) is 4.73. The van der Waals surface area contributed by atoms with Crippen molar-refractivity contribution in [1.82, 2.24) is 20.5 Å². The fraction of sp³-hybridized carbons (Fsp3) is 0.273. The van der Waals surface area contributed by atoms with Crippen LogP contribution in [-0.4, -0.2) is 22.3 Å². The highest BCUT2D eigenvalue weighted by Gasteiger charge is 2.07. The first kappa shape index (κ1) is 13.5. The van der Waals surface area contributed by atoms with Crippen molar-refractivity contribution in [2.75, 3.05) is 7.11 Å². The lowest BCUT2D eigenvalue weighted by molar-refractivity contribution is 0.409. The molecule has 0 atom stereocenters. The second-order valence-electron chi connectivity index (χ2n) is 3.63. The highest BCUT2D eigenvalue weighted by Crippen LogP contribution is 2.34. The third kappa shape index (κ3) is 3.30. The van der Waals surface area contributed by atoms with E-state index < -0.39 is 0 Å². The zero-order chi connectivity index (χ0) is 13.0. The van der Waals surface area contributed by atoms with Crippen LogP contribution in [0.5, 0.6) is 5.75 Å². The zero-order valence-electron chi connectivity index (χ0n) is 9.70. The third-order valence-corrected chi connectivity index (χ3v) is 3.53. The van der Waals surface area contributed by atoms with E-state index >= 15 is 0 Å². The number of halogens is 2. The molecule has 2 rings (SSSR count). The van der Waals surface area contributed by atoms with Crippen LogP contribution in [0.4, 0.5) is 0 Å². The van der Waals surface area contributed by atoms with Crippen LogP contribution < -0.4 is 10.1 Å². The number of hydrogen-bond acceptors (Lipinski definition) is 4. The smallest absolute Gasteiger partial charge is 0.147 e. The molecular formula is C11H12Br2N4O. The van der Waals surface area contributed by atoms with Crippen LogP contribution in [0.15, 0.2) is 27.4 Å². The molecule has 7 heteroatoms. The second kappa shape index (κ2) is 6.31. The summed E-state index contributed by atoms with van der Waals surface area (Å²) in [5.41, 5.74) is 1.15. The van der Waals surface area contributed by atoms with Gasteiger partial charge in [0.05, 0.1) is 22.6 Å². The number of aromatic nitrogens is 3. The summed E-state index contributed by atoms with van der Waals surface area (Å²) in [5, 5.41) is 9.87. The summed E-state index contributed by atoms with van der Waals surface area (Å²) in [5.74, 6) is 1.62. The number of nitrogens with one attached hydrogen (secondary N) is 2. The van der Waals surface area contributed by atoms with E-state index in [1.165, 1.54) is 6.33 Å². The number of methoxy groups -OCH3 is 1. The van der Waals surface area contributed by atoms with Gasteiger partial charge in [0.1, 0.15) is 17.9 Å². The van der Waals surface area contributed by atoms with Gasteiger partial charge in [-0.3, -0.25) is 5.10 Å². The number of nitrogens with zero attached hydrogens (tertiary/aromatic N) is 2. The summed E-state index contributed by atoms with van der Waals surface area (Å²) in [6.07, 6.45) is 1.50. The monoisotopic (exact) mass is 374 g/mol. The molecule has 1 aromatic heterocycles. The molecule has 0 saturated heterocycles.